The van der Waals surface area contributed by atoms with E-state index in [9.17, 15) is 0 Å². The van der Waals surface area contributed by atoms with Crippen LogP contribution in [0.5, 0.6) is 0 Å². The molecule has 3 heteroatoms. The molecule has 150 valence electrons. The topological polar surface area (TPSA) is 37.8 Å². The minimum Gasteiger partial charge on any atom is -0.385 e. The zero-order valence-corrected chi connectivity index (χ0v) is 17.6. The quantitative estimate of drug-likeness (QED) is 0.331. The number of unbranched alkanes of at least 4 members (excludes halogenated alkanes) is 12. The highest BCUT2D eigenvalue weighted by atomic mass is 14.9. The summed E-state index contributed by atoms with van der Waals surface area (Å²) in [5, 5.41) is 3.52. The summed E-state index contributed by atoms with van der Waals surface area (Å²) < 4.78 is 0. The number of nitrogens with zero attached hydrogens (tertiary/aromatic N) is 2. The van der Waals surface area contributed by atoms with Crippen molar-refractivity contribution in [3.05, 3.63) is 30.1 Å². The SMILES string of the molecule is CCCCCCCCCCCCCCCNc1ccc2nc(C)cnc2c1. The van der Waals surface area contributed by atoms with Gasteiger partial charge in [0.15, 0.2) is 0 Å². The molecule has 0 aliphatic rings. The molecule has 1 aromatic heterocycles. The molecular formula is C24H39N3. The molecular weight excluding hydrogens is 330 g/mol. The van der Waals surface area contributed by atoms with Crippen LogP contribution >= 0.6 is 0 Å². The number of fused-ring (bicyclic) bond motifs is 1. The lowest BCUT2D eigenvalue weighted by molar-refractivity contribution is 0.541. The molecule has 0 radical (unpaired) electrons. The van der Waals surface area contributed by atoms with E-state index in [1.54, 1.807) is 0 Å². The number of aryl methyl sites for hydroxylation is 1. The Morgan fingerprint density at radius 3 is 1.96 bits per heavy atom. The molecule has 0 aliphatic carbocycles. The molecule has 0 atom stereocenters. The van der Waals surface area contributed by atoms with Gasteiger partial charge in [-0.15, -0.1) is 0 Å². The minimum atomic E-state index is 0.968. The van der Waals surface area contributed by atoms with Gasteiger partial charge >= 0.3 is 0 Å². The Morgan fingerprint density at radius 2 is 1.33 bits per heavy atom. The Balaban J connectivity index is 1.43. The molecule has 1 N–H and O–H groups in total. The average molecular weight is 370 g/mol. The summed E-state index contributed by atoms with van der Waals surface area (Å²) in [6, 6.07) is 6.27. The van der Waals surface area contributed by atoms with Crippen LogP contribution in [0.1, 0.15) is 96.1 Å². The fourth-order valence-electron chi connectivity index (χ4n) is 3.59. The number of nitrogens with one attached hydrogen (secondary N) is 1. The number of rotatable bonds is 15. The van der Waals surface area contributed by atoms with Crippen LogP contribution in [0.25, 0.3) is 11.0 Å². The normalized spacial score (nSPS) is 11.2. The van der Waals surface area contributed by atoms with Crippen LogP contribution in [0, 0.1) is 6.92 Å². The predicted octanol–water partition coefficient (Wildman–Crippen LogP) is 7.44. The van der Waals surface area contributed by atoms with Crippen molar-refractivity contribution in [2.75, 3.05) is 11.9 Å². The number of benzene rings is 1. The second kappa shape index (κ2) is 13.5. The summed E-state index contributed by atoms with van der Waals surface area (Å²) >= 11 is 0. The van der Waals surface area contributed by atoms with Crippen molar-refractivity contribution in [1.82, 2.24) is 9.97 Å². The lowest BCUT2D eigenvalue weighted by atomic mass is 10.0. The van der Waals surface area contributed by atoms with E-state index in [0.717, 1.165) is 29.0 Å². The van der Waals surface area contributed by atoms with Gasteiger partial charge in [0.25, 0.3) is 0 Å². The Kier molecular flexibility index (Phi) is 10.8. The first-order valence-corrected chi connectivity index (χ1v) is 11.3. The van der Waals surface area contributed by atoms with E-state index in [2.05, 4.69) is 40.4 Å². The summed E-state index contributed by atoms with van der Waals surface area (Å²) in [6.45, 7) is 5.31. The van der Waals surface area contributed by atoms with Gasteiger partial charge in [0, 0.05) is 18.4 Å². The maximum atomic E-state index is 4.50. The minimum absolute atomic E-state index is 0.968. The van der Waals surface area contributed by atoms with Crippen molar-refractivity contribution in [2.45, 2.75) is 97.3 Å². The molecule has 27 heavy (non-hydrogen) atoms. The molecule has 2 aromatic rings. The first-order valence-electron chi connectivity index (χ1n) is 11.3. The molecule has 0 unspecified atom stereocenters. The average Bonchev–Trinajstić information content (AvgIpc) is 2.68. The highest BCUT2D eigenvalue weighted by molar-refractivity contribution is 5.78. The smallest absolute Gasteiger partial charge is 0.0907 e. The second-order valence-corrected chi connectivity index (χ2v) is 7.88. The first-order chi connectivity index (χ1) is 13.3. The number of aromatic nitrogens is 2. The van der Waals surface area contributed by atoms with Gasteiger partial charge in [-0.1, -0.05) is 84.0 Å². The Labute approximate surface area is 166 Å². The number of hydrogen-bond donors (Lipinski definition) is 1. The van der Waals surface area contributed by atoms with Crippen LogP contribution in [0.15, 0.2) is 24.4 Å². The molecule has 0 bridgehead atoms. The summed E-state index contributed by atoms with van der Waals surface area (Å²) in [5.74, 6) is 0. The molecule has 0 saturated carbocycles. The Bertz CT molecular complexity index is 639. The van der Waals surface area contributed by atoms with Crippen molar-refractivity contribution in [3.8, 4) is 0 Å². The predicted molar refractivity (Wildman–Crippen MR) is 118 cm³/mol. The fraction of sp³-hybridized carbons (Fsp3) is 0.667. The summed E-state index contributed by atoms with van der Waals surface area (Å²) in [7, 11) is 0. The van der Waals surface area contributed by atoms with Gasteiger partial charge < -0.3 is 5.32 Å². The lowest BCUT2D eigenvalue weighted by Gasteiger charge is -2.07. The summed E-state index contributed by atoms with van der Waals surface area (Å²) in [6.07, 6.45) is 20.0. The highest BCUT2D eigenvalue weighted by Crippen LogP contribution is 2.16. The van der Waals surface area contributed by atoms with Gasteiger partial charge in [-0.25, -0.2) is 4.98 Å². The molecule has 0 spiro atoms. The third kappa shape index (κ3) is 9.21. The van der Waals surface area contributed by atoms with Crippen LogP contribution in [0.2, 0.25) is 0 Å². The molecule has 1 aromatic carbocycles. The van der Waals surface area contributed by atoms with Crippen LogP contribution < -0.4 is 5.32 Å². The number of anilines is 1. The molecule has 2 rings (SSSR count). The van der Waals surface area contributed by atoms with Crippen LogP contribution in [-0.4, -0.2) is 16.5 Å². The maximum Gasteiger partial charge on any atom is 0.0907 e. The van der Waals surface area contributed by atoms with E-state index in [4.69, 9.17) is 0 Å². The van der Waals surface area contributed by atoms with E-state index < -0.39 is 0 Å². The van der Waals surface area contributed by atoms with Gasteiger partial charge in [0.1, 0.15) is 0 Å². The Morgan fingerprint density at radius 1 is 0.741 bits per heavy atom. The van der Waals surface area contributed by atoms with Crippen molar-refractivity contribution in [2.24, 2.45) is 0 Å². The molecule has 0 amide bonds. The van der Waals surface area contributed by atoms with Crippen LogP contribution in [-0.2, 0) is 0 Å². The summed E-state index contributed by atoms with van der Waals surface area (Å²) in [4.78, 5) is 8.96. The third-order valence-electron chi connectivity index (χ3n) is 5.27. The van der Waals surface area contributed by atoms with Gasteiger partial charge in [-0.05, 0) is 31.5 Å². The first kappa shape index (κ1) is 21.7. The molecule has 0 aliphatic heterocycles. The van der Waals surface area contributed by atoms with Gasteiger partial charge in [0.2, 0.25) is 0 Å². The Hall–Kier alpha value is -1.64. The standard InChI is InChI=1S/C24H39N3/c1-3-4-5-6-7-8-9-10-11-12-13-14-15-18-25-22-16-17-23-24(19-22)26-20-21(2)27-23/h16-17,19-20,25H,3-15,18H2,1-2H3. The third-order valence-corrected chi connectivity index (χ3v) is 5.27. The van der Waals surface area contributed by atoms with Crippen molar-refractivity contribution in [3.63, 3.8) is 0 Å². The molecule has 0 fully saturated rings. The van der Waals surface area contributed by atoms with E-state index in [1.807, 2.05) is 13.1 Å². The number of hydrogen-bond acceptors (Lipinski definition) is 3. The monoisotopic (exact) mass is 369 g/mol. The van der Waals surface area contributed by atoms with Crippen LogP contribution in [0.3, 0.4) is 0 Å². The summed E-state index contributed by atoms with van der Waals surface area (Å²) in [5.41, 5.74) is 4.06. The maximum absolute atomic E-state index is 4.50. The lowest BCUT2D eigenvalue weighted by Crippen LogP contribution is -2.01. The van der Waals surface area contributed by atoms with Crippen molar-refractivity contribution < 1.29 is 0 Å². The van der Waals surface area contributed by atoms with E-state index >= 15 is 0 Å². The zero-order chi connectivity index (χ0) is 19.2. The van der Waals surface area contributed by atoms with E-state index in [1.165, 1.54) is 83.5 Å². The van der Waals surface area contributed by atoms with Gasteiger partial charge in [0.05, 0.1) is 16.7 Å². The van der Waals surface area contributed by atoms with Gasteiger partial charge in [-0.2, -0.15) is 0 Å². The molecule has 3 nitrogen and oxygen atoms in total. The van der Waals surface area contributed by atoms with Crippen LogP contribution in [0.4, 0.5) is 5.69 Å². The van der Waals surface area contributed by atoms with E-state index in [0.29, 0.717) is 0 Å². The van der Waals surface area contributed by atoms with Crippen molar-refractivity contribution >= 4 is 16.7 Å². The van der Waals surface area contributed by atoms with E-state index in [-0.39, 0.29) is 0 Å². The molecule has 0 saturated heterocycles. The zero-order valence-electron chi connectivity index (χ0n) is 17.6. The van der Waals surface area contributed by atoms with Gasteiger partial charge in [-0.3, -0.25) is 4.98 Å². The fourth-order valence-corrected chi connectivity index (χ4v) is 3.59. The van der Waals surface area contributed by atoms with Crippen molar-refractivity contribution in [1.29, 1.82) is 0 Å². The molecule has 1 heterocycles. The second-order valence-electron chi connectivity index (χ2n) is 7.88. The highest BCUT2D eigenvalue weighted by Gasteiger charge is 1.99. The largest absolute Gasteiger partial charge is 0.385 e.